The Morgan fingerprint density at radius 2 is 1.95 bits per heavy atom. The standard InChI is InChI=1S/C17H19N3O/c1-2-10-20-16(12-18-19-20)17(21)11-14-8-5-7-13-6-3-4-9-15(13)14/h3-9,12,17,21H,2,10-11H2,1H3. The Labute approximate surface area is 124 Å². The summed E-state index contributed by atoms with van der Waals surface area (Å²) in [6, 6.07) is 14.4. The van der Waals surface area contributed by atoms with Crippen LogP contribution in [0.3, 0.4) is 0 Å². The number of aromatic nitrogens is 3. The van der Waals surface area contributed by atoms with E-state index in [-0.39, 0.29) is 0 Å². The zero-order valence-electron chi connectivity index (χ0n) is 12.1. The van der Waals surface area contributed by atoms with Crippen LogP contribution in [0, 0.1) is 0 Å². The lowest BCUT2D eigenvalue weighted by Gasteiger charge is -2.13. The lowest BCUT2D eigenvalue weighted by Crippen LogP contribution is -2.11. The molecule has 0 saturated heterocycles. The monoisotopic (exact) mass is 281 g/mol. The van der Waals surface area contributed by atoms with Crippen LogP contribution < -0.4 is 0 Å². The molecule has 4 nitrogen and oxygen atoms in total. The topological polar surface area (TPSA) is 50.9 Å². The van der Waals surface area contributed by atoms with Gasteiger partial charge in [-0.2, -0.15) is 0 Å². The maximum atomic E-state index is 10.5. The number of aliphatic hydroxyl groups excluding tert-OH is 1. The Bertz CT molecular complexity index is 730. The summed E-state index contributed by atoms with van der Waals surface area (Å²) in [7, 11) is 0. The van der Waals surface area contributed by atoms with Gasteiger partial charge in [0.15, 0.2) is 0 Å². The fourth-order valence-electron chi connectivity index (χ4n) is 2.69. The van der Waals surface area contributed by atoms with Gasteiger partial charge in [0.1, 0.15) is 6.10 Å². The van der Waals surface area contributed by atoms with Crippen LogP contribution in [0.2, 0.25) is 0 Å². The van der Waals surface area contributed by atoms with Gasteiger partial charge in [0.05, 0.1) is 11.9 Å². The minimum atomic E-state index is -0.586. The second-order valence-corrected chi connectivity index (χ2v) is 5.24. The number of fused-ring (bicyclic) bond motifs is 1. The zero-order valence-corrected chi connectivity index (χ0v) is 12.1. The lowest BCUT2D eigenvalue weighted by atomic mass is 9.99. The van der Waals surface area contributed by atoms with Crippen LogP contribution in [0.25, 0.3) is 10.8 Å². The van der Waals surface area contributed by atoms with Crippen molar-refractivity contribution in [1.82, 2.24) is 15.0 Å². The molecule has 3 rings (SSSR count). The molecule has 0 saturated carbocycles. The summed E-state index contributed by atoms with van der Waals surface area (Å²) in [4.78, 5) is 0. The molecule has 1 heterocycles. The first kappa shape index (κ1) is 13.8. The van der Waals surface area contributed by atoms with Gasteiger partial charge < -0.3 is 5.11 Å². The summed E-state index contributed by atoms with van der Waals surface area (Å²) in [5.41, 5.74) is 1.93. The summed E-state index contributed by atoms with van der Waals surface area (Å²) < 4.78 is 1.79. The second kappa shape index (κ2) is 6.06. The maximum Gasteiger partial charge on any atom is 0.101 e. The van der Waals surface area contributed by atoms with Crippen molar-refractivity contribution in [3.8, 4) is 0 Å². The highest BCUT2D eigenvalue weighted by Crippen LogP contribution is 2.24. The molecule has 0 amide bonds. The third-order valence-corrected chi connectivity index (χ3v) is 3.72. The van der Waals surface area contributed by atoms with Gasteiger partial charge in [-0.3, -0.25) is 0 Å². The zero-order chi connectivity index (χ0) is 14.7. The molecule has 1 N–H and O–H groups in total. The average Bonchev–Trinajstić information content (AvgIpc) is 2.96. The Balaban J connectivity index is 1.89. The van der Waals surface area contributed by atoms with Crippen molar-refractivity contribution in [2.75, 3.05) is 0 Å². The van der Waals surface area contributed by atoms with Crippen molar-refractivity contribution in [3.05, 3.63) is 59.9 Å². The summed E-state index contributed by atoms with van der Waals surface area (Å²) in [5, 5.41) is 20.9. The van der Waals surface area contributed by atoms with Crippen LogP contribution in [0.15, 0.2) is 48.7 Å². The number of aliphatic hydroxyl groups is 1. The molecule has 0 aliphatic carbocycles. The number of rotatable bonds is 5. The molecule has 0 radical (unpaired) electrons. The Morgan fingerprint density at radius 1 is 1.14 bits per heavy atom. The SMILES string of the molecule is CCCn1nncc1C(O)Cc1cccc2ccccc12. The lowest BCUT2D eigenvalue weighted by molar-refractivity contribution is 0.167. The Hall–Kier alpha value is -2.20. The van der Waals surface area contributed by atoms with E-state index in [4.69, 9.17) is 0 Å². The summed E-state index contributed by atoms with van der Waals surface area (Å²) in [6.45, 7) is 2.87. The molecular weight excluding hydrogens is 262 g/mol. The number of hydrogen-bond acceptors (Lipinski definition) is 3. The summed E-state index contributed by atoms with van der Waals surface area (Å²) >= 11 is 0. The van der Waals surface area contributed by atoms with E-state index >= 15 is 0 Å². The molecule has 108 valence electrons. The number of aryl methyl sites for hydroxylation is 1. The fourth-order valence-corrected chi connectivity index (χ4v) is 2.69. The number of hydrogen-bond donors (Lipinski definition) is 1. The van der Waals surface area contributed by atoms with E-state index < -0.39 is 6.10 Å². The molecule has 4 heteroatoms. The van der Waals surface area contributed by atoms with E-state index in [1.807, 2.05) is 18.2 Å². The van der Waals surface area contributed by atoms with Crippen molar-refractivity contribution in [2.24, 2.45) is 0 Å². The van der Waals surface area contributed by atoms with Gasteiger partial charge in [-0.05, 0) is 22.8 Å². The largest absolute Gasteiger partial charge is 0.386 e. The quantitative estimate of drug-likeness (QED) is 0.781. The van der Waals surface area contributed by atoms with Crippen molar-refractivity contribution in [2.45, 2.75) is 32.4 Å². The van der Waals surface area contributed by atoms with Gasteiger partial charge in [0.2, 0.25) is 0 Å². The molecule has 1 unspecified atom stereocenters. The predicted octanol–water partition coefficient (Wildman–Crippen LogP) is 3.12. The van der Waals surface area contributed by atoms with E-state index in [1.165, 1.54) is 10.8 Å². The van der Waals surface area contributed by atoms with Gasteiger partial charge in [-0.25, -0.2) is 4.68 Å². The molecule has 0 aliphatic heterocycles. The van der Waals surface area contributed by atoms with Crippen molar-refractivity contribution < 1.29 is 5.11 Å². The van der Waals surface area contributed by atoms with E-state index in [1.54, 1.807) is 10.9 Å². The fraction of sp³-hybridized carbons (Fsp3) is 0.294. The third kappa shape index (κ3) is 2.81. The van der Waals surface area contributed by atoms with Crippen LogP contribution >= 0.6 is 0 Å². The average molecular weight is 281 g/mol. The van der Waals surface area contributed by atoms with Gasteiger partial charge in [-0.15, -0.1) is 5.10 Å². The normalized spacial score (nSPS) is 12.7. The van der Waals surface area contributed by atoms with Crippen LogP contribution in [0.4, 0.5) is 0 Å². The molecule has 2 aromatic carbocycles. The number of nitrogens with zero attached hydrogens (tertiary/aromatic N) is 3. The molecule has 0 bridgehead atoms. The van der Waals surface area contributed by atoms with E-state index in [0.29, 0.717) is 6.42 Å². The van der Waals surface area contributed by atoms with Gasteiger partial charge >= 0.3 is 0 Å². The third-order valence-electron chi connectivity index (χ3n) is 3.72. The van der Waals surface area contributed by atoms with Crippen LogP contribution in [-0.4, -0.2) is 20.1 Å². The molecule has 0 fully saturated rings. The highest BCUT2D eigenvalue weighted by atomic mass is 16.3. The molecular formula is C17H19N3O. The molecule has 1 atom stereocenters. The minimum Gasteiger partial charge on any atom is -0.386 e. The van der Waals surface area contributed by atoms with Crippen LogP contribution in [0.1, 0.15) is 30.7 Å². The summed E-state index contributed by atoms with van der Waals surface area (Å²) in [5.74, 6) is 0. The molecule has 21 heavy (non-hydrogen) atoms. The maximum absolute atomic E-state index is 10.5. The van der Waals surface area contributed by atoms with Crippen molar-refractivity contribution in [1.29, 1.82) is 0 Å². The number of benzene rings is 2. The highest BCUT2D eigenvalue weighted by molar-refractivity contribution is 5.85. The van der Waals surface area contributed by atoms with Gasteiger partial charge in [0, 0.05) is 13.0 Å². The van der Waals surface area contributed by atoms with Gasteiger partial charge in [0.25, 0.3) is 0 Å². The minimum absolute atomic E-state index is 0.568. The molecule has 3 aromatic rings. The first-order chi connectivity index (χ1) is 10.3. The first-order valence-electron chi connectivity index (χ1n) is 7.32. The van der Waals surface area contributed by atoms with Crippen molar-refractivity contribution in [3.63, 3.8) is 0 Å². The summed E-state index contributed by atoms with van der Waals surface area (Å²) in [6.07, 6.45) is 2.61. The highest BCUT2D eigenvalue weighted by Gasteiger charge is 2.15. The van der Waals surface area contributed by atoms with Crippen molar-refractivity contribution >= 4 is 10.8 Å². The van der Waals surface area contributed by atoms with Crippen LogP contribution in [-0.2, 0) is 13.0 Å². The Kier molecular flexibility index (Phi) is 3.97. The van der Waals surface area contributed by atoms with E-state index in [9.17, 15) is 5.11 Å². The molecule has 0 spiro atoms. The van der Waals surface area contributed by atoms with E-state index in [0.717, 1.165) is 24.2 Å². The second-order valence-electron chi connectivity index (χ2n) is 5.24. The predicted molar refractivity (Wildman–Crippen MR) is 82.9 cm³/mol. The smallest absolute Gasteiger partial charge is 0.101 e. The Morgan fingerprint density at radius 3 is 2.81 bits per heavy atom. The van der Waals surface area contributed by atoms with Gasteiger partial charge in [-0.1, -0.05) is 54.6 Å². The molecule has 0 aliphatic rings. The first-order valence-corrected chi connectivity index (χ1v) is 7.32. The van der Waals surface area contributed by atoms with Crippen LogP contribution in [0.5, 0.6) is 0 Å². The molecule has 1 aromatic heterocycles. The van der Waals surface area contributed by atoms with E-state index in [2.05, 4.69) is 41.5 Å².